The zero-order valence-electron chi connectivity index (χ0n) is 11.5. The molecule has 1 aromatic rings. The third-order valence-corrected chi connectivity index (χ3v) is 3.34. The molecule has 1 fully saturated rings. The van der Waals surface area contributed by atoms with Gasteiger partial charge < -0.3 is 14.8 Å². The van der Waals surface area contributed by atoms with Crippen LogP contribution in [0.25, 0.3) is 0 Å². The van der Waals surface area contributed by atoms with Gasteiger partial charge in [0.1, 0.15) is 0 Å². The monoisotopic (exact) mass is 268 g/mol. The van der Waals surface area contributed by atoms with Crippen LogP contribution in [0.3, 0.4) is 0 Å². The molecule has 2 rings (SSSR count). The van der Waals surface area contributed by atoms with Gasteiger partial charge in [-0.2, -0.15) is 0 Å². The number of carbonyl (C=O) groups excluding carboxylic acids is 1. The van der Waals surface area contributed by atoms with Crippen LogP contribution in [0, 0.1) is 0 Å². The molecule has 106 valence electrons. The number of rotatable bonds is 6. The molecule has 0 amide bonds. The first-order chi connectivity index (χ1) is 9.02. The SMILES string of the molecule is COC(C)(C)CCOC(=O)c1cn(C2CNC2)nn1. The number of methoxy groups -OCH3 is 1. The molecule has 1 aromatic heterocycles. The summed E-state index contributed by atoms with van der Waals surface area (Å²) in [6.07, 6.45) is 2.27. The van der Waals surface area contributed by atoms with Crippen LogP contribution in [0.15, 0.2) is 6.20 Å². The maximum atomic E-state index is 11.8. The highest BCUT2D eigenvalue weighted by atomic mass is 16.5. The number of hydrogen-bond acceptors (Lipinski definition) is 6. The Bertz CT molecular complexity index is 440. The van der Waals surface area contributed by atoms with E-state index >= 15 is 0 Å². The molecule has 1 N–H and O–H groups in total. The molecule has 0 radical (unpaired) electrons. The van der Waals surface area contributed by atoms with Gasteiger partial charge in [0.05, 0.1) is 24.4 Å². The normalized spacial score (nSPS) is 16.2. The van der Waals surface area contributed by atoms with E-state index in [9.17, 15) is 4.79 Å². The van der Waals surface area contributed by atoms with Gasteiger partial charge in [-0.25, -0.2) is 9.48 Å². The lowest BCUT2D eigenvalue weighted by Crippen LogP contribution is -2.43. The minimum absolute atomic E-state index is 0.252. The second-order valence-electron chi connectivity index (χ2n) is 5.25. The molecule has 1 saturated heterocycles. The van der Waals surface area contributed by atoms with Crippen molar-refractivity contribution in [3.05, 3.63) is 11.9 Å². The summed E-state index contributed by atoms with van der Waals surface area (Å²) in [7, 11) is 1.64. The molecular formula is C12H20N4O3. The van der Waals surface area contributed by atoms with Gasteiger partial charge in [-0.1, -0.05) is 5.21 Å². The number of hydrogen-bond donors (Lipinski definition) is 1. The van der Waals surface area contributed by atoms with E-state index in [2.05, 4.69) is 15.6 Å². The summed E-state index contributed by atoms with van der Waals surface area (Å²) in [4.78, 5) is 11.8. The van der Waals surface area contributed by atoms with Crippen molar-refractivity contribution >= 4 is 5.97 Å². The average molecular weight is 268 g/mol. The maximum Gasteiger partial charge on any atom is 0.360 e. The van der Waals surface area contributed by atoms with Crippen LogP contribution in [0.4, 0.5) is 0 Å². The van der Waals surface area contributed by atoms with E-state index in [-0.39, 0.29) is 11.3 Å². The highest BCUT2D eigenvalue weighted by Crippen LogP contribution is 2.13. The number of aromatic nitrogens is 3. The smallest absolute Gasteiger partial charge is 0.360 e. The van der Waals surface area contributed by atoms with Gasteiger partial charge in [-0.05, 0) is 13.8 Å². The Morgan fingerprint density at radius 2 is 2.32 bits per heavy atom. The molecule has 0 unspecified atom stereocenters. The van der Waals surface area contributed by atoms with Crippen LogP contribution >= 0.6 is 0 Å². The number of esters is 1. The van der Waals surface area contributed by atoms with Crippen molar-refractivity contribution in [2.45, 2.75) is 31.9 Å². The summed E-state index contributed by atoms with van der Waals surface area (Å²) in [6, 6.07) is 0.293. The van der Waals surface area contributed by atoms with Crippen LogP contribution in [0.5, 0.6) is 0 Å². The Balaban J connectivity index is 1.81. The Kier molecular flexibility index (Phi) is 4.16. The highest BCUT2D eigenvalue weighted by Gasteiger charge is 2.23. The molecule has 7 heteroatoms. The molecular weight excluding hydrogens is 248 g/mol. The van der Waals surface area contributed by atoms with E-state index in [4.69, 9.17) is 9.47 Å². The first-order valence-electron chi connectivity index (χ1n) is 6.37. The quantitative estimate of drug-likeness (QED) is 0.752. The molecule has 19 heavy (non-hydrogen) atoms. The zero-order valence-corrected chi connectivity index (χ0v) is 11.5. The predicted molar refractivity (Wildman–Crippen MR) is 67.9 cm³/mol. The van der Waals surface area contributed by atoms with E-state index in [1.807, 2.05) is 13.8 Å². The van der Waals surface area contributed by atoms with Crippen molar-refractivity contribution in [1.82, 2.24) is 20.3 Å². The number of nitrogens with one attached hydrogen (secondary N) is 1. The fraction of sp³-hybridized carbons (Fsp3) is 0.750. The van der Waals surface area contributed by atoms with Crippen molar-refractivity contribution in [2.24, 2.45) is 0 Å². The van der Waals surface area contributed by atoms with Gasteiger partial charge in [0, 0.05) is 26.6 Å². The van der Waals surface area contributed by atoms with Crippen LogP contribution in [0.1, 0.15) is 36.8 Å². The molecule has 2 heterocycles. The molecule has 0 spiro atoms. The summed E-state index contributed by atoms with van der Waals surface area (Å²) >= 11 is 0. The Morgan fingerprint density at radius 3 is 2.89 bits per heavy atom. The van der Waals surface area contributed by atoms with Crippen LogP contribution in [0.2, 0.25) is 0 Å². The third kappa shape index (κ3) is 3.51. The number of nitrogens with zero attached hydrogens (tertiary/aromatic N) is 3. The molecule has 0 atom stereocenters. The topological polar surface area (TPSA) is 78.3 Å². The van der Waals surface area contributed by atoms with Crippen LogP contribution < -0.4 is 5.32 Å². The van der Waals surface area contributed by atoms with E-state index in [1.165, 1.54) is 0 Å². The largest absolute Gasteiger partial charge is 0.461 e. The summed E-state index contributed by atoms with van der Waals surface area (Å²) in [5.74, 6) is -0.439. The lowest BCUT2D eigenvalue weighted by Gasteiger charge is -2.26. The standard InChI is InChI=1S/C12H20N4O3/c1-12(2,18-3)4-5-19-11(17)10-8-16(15-14-10)9-6-13-7-9/h8-9,13H,4-7H2,1-3H3. The molecule has 7 nitrogen and oxygen atoms in total. The lowest BCUT2D eigenvalue weighted by molar-refractivity contribution is -0.00581. The summed E-state index contributed by atoms with van der Waals surface area (Å²) < 4.78 is 12.1. The van der Waals surface area contributed by atoms with E-state index in [0.29, 0.717) is 19.1 Å². The second-order valence-corrected chi connectivity index (χ2v) is 5.25. The predicted octanol–water partition coefficient (Wildman–Crippen LogP) is 0.394. The second kappa shape index (κ2) is 5.66. The summed E-state index contributed by atoms with van der Waals surface area (Å²) in [5, 5.41) is 10.9. The molecule has 0 aliphatic carbocycles. The average Bonchev–Trinajstić information content (AvgIpc) is 2.76. The number of ether oxygens (including phenoxy) is 2. The van der Waals surface area contributed by atoms with Gasteiger partial charge >= 0.3 is 5.97 Å². The minimum Gasteiger partial charge on any atom is -0.461 e. The van der Waals surface area contributed by atoms with E-state index < -0.39 is 5.97 Å². The first-order valence-corrected chi connectivity index (χ1v) is 6.37. The highest BCUT2D eigenvalue weighted by molar-refractivity contribution is 5.86. The minimum atomic E-state index is -0.439. The molecule has 0 aromatic carbocycles. The van der Waals surface area contributed by atoms with Crippen LogP contribution in [-0.2, 0) is 9.47 Å². The fourth-order valence-corrected chi connectivity index (χ4v) is 1.57. The Hall–Kier alpha value is -1.47. The van der Waals surface area contributed by atoms with Crippen LogP contribution in [-0.4, -0.2) is 53.4 Å². The van der Waals surface area contributed by atoms with Gasteiger partial charge in [0.2, 0.25) is 0 Å². The first kappa shape index (κ1) is 14.0. The van der Waals surface area contributed by atoms with Gasteiger partial charge in [0.15, 0.2) is 5.69 Å². The third-order valence-electron chi connectivity index (χ3n) is 3.34. The summed E-state index contributed by atoms with van der Waals surface area (Å²) in [6.45, 7) is 5.92. The van der Waals surface area contributed by atoms with Gasteiger partial charge in [0.25, 0.3) is 0 Å². The summed E-state index contributed by atoms with van der Waals surface area (Å²) in [5.41, 5.74) is -0.0442. The molecule has 0 bridgehead atoms. The van der Waals surface area contributed by atoms with Gasteiger partial charge in [-0.3, -0.25) is 0 Å². The molecule has 0 saturated carbocycles. The Labute approximate surface area is 112 Å². The lowest BCUT2D eigenvalue weighted by atomic mass is 10.1. The molecule has 1 aliphatic rings. The van der Waals surface area contributed by atoms with Crippen molar-refractivity contribution in [1.29, 1.82) is 0 Å². The van der Waals surface area contributed by atoms with E-state index in [0.717, 1.165) is 13.1 Å². The number of carbonyl (C=O) groups is 1. The molecule has 1 aliphatic heterocycles. The van der Waals surface area contributed by atoms with Crippen molar-refractivity contribution < 1.29 is 14.3 Å². The van der Waals surface area contributed by atoms with Crippen molar-refractivity contribution in [3.8, 4) is 0 Å². The van der Waals surface area contributed by atoms with Crippen molar-refractivity contribution in [3.63, 3.8) is 0 Å². The van der Waals surface area contributed by atoms with E-state index in [1.54, 1.807) is 18.0 Å². The zero-order chi connectivity index (χ0) is 13.9. The van der Waals surface area contributed by atoms with Crippen molar-refractivity contribution in [2.75, 3.05) is 26.8 Å². The fourth-order valence-electron chi connectivity index (χ4n) is 1.57. The van der Waals surface area contributed by atoms with Gasteiger partial charge in [-0.15, -0.1) is 5.10 Å². The Morgan fingerprint density at radius 1 is 1.58 bits per heavy atom. The maximum absolute atomic E-state index is 11.8.